The Labute approximate surface area is 538 Å². The molecule has 6 heterocycles. The maximum Gasteiger partial charge on any atom is 1.00 e. The van der Waals surface area contributed by atoms with Crippen LogP contribution in [0.15, 0.2) is 129 Å². The molecule has 10 rings (SSSR count). The molecule has 0 amide bonds. The van der Waals surface area contributed by atoms with Crippen molar-refractivity contribution in [2.45, 2.75) is 33.1 Å². The number of hydrogen-bond donors (Lipinski definition) is 3. The van der Waals surface area contributed by atoms with Crippen molar-refractivity contribution in [3.05, 3.63) is 140 Å². The van der Waals surface area contributed by atoms with Crippen LogP contribution in [0.5, 0.6) is 11.5 Å². The molecule has 2 aliphatic rings. The zero-order valence-electron chi connectivity index (χ0n) is 50.0. The van der Waals surface area contributed by atoms with Gasteiger partial charge in [-0.3, -0.25) is 19.3 Å². The monoisotopic (exact) mass is 1150 g/mol. The third kappa shape index (κ3) is 19.5. The minimum atomic E-state index is -0.798. The topological polar surface area (TPSA) is 155 Å². The molecular weight excluding hydrogens is 1080 g/mol. The van der Waals surface area contributed by atoms with Crippen molar-refractivity contribution >= 4 is 111 Å². The van der Waals surface area contributed by atoms with Crippen molar-refractivity contribution in [2.24, 2.45) is 0 Å². The van der Waals surface area contributed by atoms with Gasteiger partial charge in [-0.15, -0.1) is 35.1 Å². The van der Waals surface area contributed by atoms with E-state index in [1.807, 2.05) is 11.3 Å². The van der Waals surface area contributed by atoms with E-state index in [1.165, 1.54) is 31.5 Å². The first kappa shape index (κ1) is 48.5. The van der Waals surface area contributed by atoms with Gasteiger partial charge < -0.3 is 46.1 Å². The normalized spacial score (nSPS) is 15.0. The molecule has 0 atom stereocenters. The summed E-state index contributed by atoms with van der Waals surface area (Å²) in [6.07, 6.45) is 3.22. The molecule has 2 aliphatic heterocycles. The summed E-state index contributed by atoms with van der Waals surface area (Å²) in [4.78, 5) is 46.9. The number of carbonyl (C=O) groups is 1. The standard InChI is InChI=1S/C25H27N3O2S.C13H14BrNO2.C12H14N2S.CH2O3.CH4.ClH.2K.H/c29-25-9-7-19-6-8-20(18-22(19)26-25)30-16-2-1-11-27-12-14-28(15-13-27)23-4-3-5-24-21(23)10-17-31-24;14-7-1-2-8-17-11-5-3-10-4-6-13(16)15-12(10)9-11;1-2-11(14-7-5-13-6-8-14)10-4-9-15-12(10)3-1;2-1-4-3;;;;;/h3-10,17-18H,1-2,11-16H2,(H,26,29);3-6,9H,1-2,7-8H2,(H,15,16);1-4,9,13H,5-8H2;1,3H;1H4;1H;;;/q;;;;;;2*+1;-1/p-1/i6D,7D,8D,9D,18D;3D,4D,5D,6D,9D;;;;;;;. The van der Waals surface area contributed by atoms with Gasteiger partial charge in [0.1, 0.15) is 11.5 Å². The minimum Gasteiger partial charge on any atom is -1.00 e. The number of thiophene rings is 2. The molecule has 8 aromatic rings. The molecular formula is C52H62BrClK2N6O7S2. The zero-order chi connectivity index (χ0) is 55.3. The van der Waals surface area contributed by atoms with E-state index in [4.69, 9.17) is 33.2 Å². The molecule has 13 nitrogen and oxygen atoms in total. The molecule has 0 radical (unpaired) electrons. The fourth-order valence-corrected chi connectivity index (χ4v) is 9.45. The summed E-state index contributed by atoms with van der Waals surface area (Å²) in [6, 6.07) is 13.8. The van der Waals surface area contributed by atoms with Gasteiger partial charge in [-0.2, -0.15) is 0 Å². The molecule has 0 unspecified atom stereocenters. The van der Waals surface area contributed by atoms with E-state index in [0.29, 0.717) is 6.61 Å². The molecule has 0 aliphatic carbocycles. The van der Waals surface area contributed by atoms with Gasteiger partial charge in [-0.25, -0.2) is 0 Å². The second-order valence-electron chi connectivity index (χ2n) is 15.1. The van der Waals surface area contributed by atoms with Crippen LogP contribution in [0.3, 0.4) is 0 Å². The summed E-state index contributed by atoms with van der Waals surface area (Å²) >= 11 is 6.89. The predicted octanol–water partition coefficient (Wildman–Crippen LogP) is 3.73. The third-order valence-electron chi connectivity index (χ3n) is 10.7. The van der Waals surface area contributed by atoms with Crippen LogP contribution in [0.4, 0.5) is 11.4 Å². The number of rotatable bonds is 14. The minimum absolute atomic E-state index is 0. The van der Waals surface area contributed by atoms with Gasteiger partial charge in [0.15, 0.2) is 0 Å². The van der Waals surface area contributed by atoms with Crippen molar-refractivity contribution in [1.29, 1.82) is 0 Å². The number of halogens is 2. The molecule has 4 aromatic heterocycles. The Morgan fingerprint density at radius 3 is 1.62 bits per heavy atom. The van der Waals surface area contributed by atoms with Crippen LogP contribution >= 0.6 is 51.0 Å². The number of nitrogens with one attached hydrogen (secondary N) is 3. The molecule has 2 fully saturated rings. The summed E-state index contributed by atoms with van der Waals surface area (Å²) in [5.41, 5.74) is 1.04. The number of hydrogen-bond acceptors (Lipinski definition) is 13. The number of aromatic amines is 2. The number of nitrogens with zero attached hydrogens (tertiary/aromatic N) is 3. The van der Waals surface area contributed by atoms with E-state index < -0.39 is 35.3 Å². The number of H-pyrrole nitrogens is 2. The molecule has 71 heavy (non-hydrogen) atoms. The number of carbonyl (C=O) groups excluding carboxylic acids is 1. The maximum atomic E-state index is 11.9. The Morgan fingerprint density at radius 2 is 1.14 bits per heavy atom. The first-order valence-electron chi connectivity index (χ1n) is 26.8. The molecule has 370 valence electrons. The van der Waals surface area contributed by atoms with E-state index >= 15 is 0 Å². The van der Waals surface area contributed by atoms with Crippen LogP contribution in [0.25, 0.3) is 42.0 Å². The van der Waals surface area contributed by atoms with Crippen LogP contribution in [0.2, 0.25) is 0 Å². The average molecular weight is 1150 g/mol. The number of benzene rings is 4. The molecule has 3 N–H and O–H groups in total. The Kier molecular flexibility index (Phi) is 23.5. The number of ether oxygens (including phenoxy) is 2. The SMILES string of the molecule is C.Cl.O=CO[O-].[2H]c1c(OCCCCBr)c([2H])c2[nH]c(=O)c([2H])c([2H])c2c1[2H].[2H]c1c(OCCCCN2CCN(c3cccc4sccc34)CC2)c([2H])c2[nH]c(=O)c([2H])c([2H])c2c1[2H].[H-].[K+].[K+].c1cc(N2CCNCC2)c2ccsc2c1. The predicted molar refractivity (Wildman–Crippen MR) is 292 cm³/mol. The summed E-state index contributed by atoms with van der Waals surface area (Å²) in [5, 5.41) is 19.5. The fourth-order valence-electron chi connectivity index (χ4n) is 7.43. The van der Waals surface area contributed by atoms with Crippen molar-refractivity contribution in [3.63, 3.8) is 0 Å². The van der Waals surface area contributed by atoms with Gasteiger partial charge in [-0.05, 0) is 126 Å². The number of alkyl halides is 1. The smallest absolute Gasteiger partial charge is 1.00 e. The first-order chi connectivity index (χ1) is 37.1. The Balaban J connectivity index is 0.000000427. The van der Waals surface area contributed by atoms with Gasteiger partial charge in [-0.1, -0.05) is 35.5 Å². The van der Waals surface area contributed by atoms with E-state index in [1.54, 1.807) is 11.3 Å². The van der Waals surface area contributed by atoms with E-state index in [9.17, 15) is 9.59 Å². The second-order valence-corrected chi connectivity index (χ2v) is 17.8. The van der Waals surface area contributed by atoms with E-state index in [2.05, 4.69) is 110 Å². The van der Waals surface area contributed by atoms with Crippen molar-refractivity contribution in [3.8, 4) is 11.5 Å². The van der Waals surface area contributed by atoms with Crippen LogP contribution in [0.1, 0.15) is 48.2 Å². The fraction of sp³-hybridized carbons (Fsp3) is 0.327. The quantitative estimate of drug-likeness (QED) is 0.0365. The largest absolute Gasteiger partial charge is 1.00 e. The van der Waals surface area contributed by atoms with E-state index in [0.717, 1.165) is 89.9 Å². The average Bonchev–Trinajstić information content (AvgIpc) is 4.26. The van der Waals surface area contributed by atoms with Gasteiger partial charge in [0.05, 0.1) is 38.0 Å². The maximum absolute atomic E-state index is 11.9. The van der Waals surface area contributed by atoms with Crippen LogP contribution in [-0.2, 0) is 9.68 Å². The number of piperazine rings is 2. The summed E-state index contributed by atoms with van der Waals surface area (Å²) in [6.45, 7) is 9.71. The number of fused-ring (bicyclic) bond motifs is 4. The first-order valence-corrected chi connectivity index (χ1v) is 24.7. The van der Waals surface area contributed by atoms with E-state index in [-0.39, 0.29) is 207 Å². The third-order valence-corrected chi connectivity index (χ3v) is 13.0. The molecule has 0 saturated carbocycles. The number of unbranched alkanes of at least 4 members (excludes halogenated alkanes) is 2. The van der Waals surface area contributed by atoms with Gasteiger partial charge in [0, 0.05) is 113 Å². The van der Waals surface area contributed by atoms with Crippen molar-refractivity contribution < 1.29 is 142 Å². The molecule has 4 aromatic carbocycles. The Morgan fingerprint density at radius 1 is 0.676 bits per heavy atom. The van der Waals surface area contributed by atoms with Crippen LogP contribution in [-0.4, -0.2) is 98.8 Å². The molecule has 0 spiro atoms. The van der Waals surface area contributed by atoms with Gasteiger partial charge >= 0.3 is 103 Å². The van der Waals surface area contributed by atoms with Gasteiger partial charge in [0.2, 0.25) is 11.1 Å². The number of pyridine rings is 2. The summed E-state index contributed by atoms with van der Waals surface area (Å²) in [5.74, 6) is -0.156. The Bertz CT molecular complexity index is 3490. The second kappa shape index (κ2) is 34.4. The zero-order valence-corrected chi connectivity index (χ0v) is 49.2. The van der Waals surface area contributed by atoms with Gasteiger partial charge in [0.25, 0.3) is 6.47 Å². The molecule has 0 bridgehead atoms. The Hall–Kier alpha value is -2.19. The summed E-state index contributed by atoms with van der Waals surface area (Å²) in [7, 11) is 0. The van der Waals surface area contributed by atoms with Crippen molar-refractivity contribution in [2.75, 3.05) is 87.2 Å². The van der Waals surface area contributed by atoms with Crippen LogP contribution in [0, 0.1) is 0 Å². The van der Waals surface area contributed by atoms with Crippen molar-refractivity contribution in [1.82, 2.24) is 20.2 Å². The number of anilines is 2. The summed E-state index contributed by atoms with van der Waals surface area (Å²) < 4.78 is 93.5. The number of aromatic nitrogens is 2. The van der Waals surface area contributed by atoms with Crippen LogP contribution < -0.4 is 144 Å². The molecule has 19 heteroatoms. The molecule has 2 saturated heterocycles.